The zero-order valence-corrected chi connectivity index (χ0v) is 11.6. The number of rotatable bonds is 6. The fourth-order valence-corrected chi connectivity index (χ4v) is 2.18. The second kappa shape index (κ2) is 6.38. The van der Waals surface area contributed by atoms with Gasteiger partial charge in [-0.2, -0.15) is 5.10 Å². The quantitative estimate of drug-likeness (QED) is 0.783. The summed E-state index contributed by atoms with van der Waals surface area (Å²) in [5.41, 5.74) is 3.09. The molecular weight excluding hydrogens is 238 g/mol. The summed E-state index contributed by atoms with van der Waals surface area (Å²) in [6, 6.07) is 6.00. The van der Waals surface area contributed by atoms with Crippen LogP contribution < -0.4 is 5.32 Å². The lowest BCUT2D eigenvalue weighted by atomic mass is 10.1. The molecule has 2 N–H and O–H groups in total. The van der Waals surface area contributed by atoms with E-state index in [1.54, 1.807) is 6.20 Å². The van der Waals surface area contributed by atoms with E-state index < -0.39 is 0 Å². The van der Waals surface area contributed by atoms with Crippen molar-refractivity contribution in [2.24, 2.45) is 0 Å². The molecule has 19 heavy (non-hydrogen) atoms. The number of hydrogen-bond donors (Lipinski definition) is 2. The van der Waals surface area contributed by atoms with Crippen LogP contribution in [-0.4, -0.2) is 21.4 Å². The molecule has 0 aliphatic rings. The van der Waals surface area contributed by atoms with E-state index in [0.717, 1.165) is 37.2 Å². The van der Waals surface area contributed by atoms with Gasteiger partial charge >= 0.3 is 0 Å². The van der Waals surface area contributed by atoms with Crippen molar-refractivity contribution in [3.05, 3.63) is 47.3 Å². The number of phenolic OH excluding ortho intramolecular Hbond substituents is 1. The van der Waals surface area contributed by atoms with Gasteiger partial charge in [0.15, 0.2) is 0 Å². The Morgan fingerprint density at radius 1 is 1.26 bits per heavy atom. The first-order valence-corrected chi connectivity index (χ1v) is 6.64. The van der Waals surface area contributed by atoms with Crippen molar-refractivity contribution in [1.82, 2.24) is 15.1 Å². The third kappa shape index (κ3) is 3.83. The van der Waals surface area contributed by atoms with Gasteiger partial charge in [-0.25, -0.2) is 0 Å². The Bertz CT molecular complexity index is 497. The van der Waals surface area contributed by atoms with Crippen LogP contribution in [0.5, 0.6) is 5.75 Å². The number of aryl methyl sites for hydroxylation is 3. The molecule has 0 atom stereocenters. The Morgan fingerprint density at radius 2 is 2.00 bits per heavy atom. The third-order valence-corrected chi connectivity index (χ3v) is 3.18. The second-order valence-corrected chi connectivity index (χ2v) is 4.88. The summed E-state index contributed by atoms with van der Waals surface area (Å²) in [7, 11) is 0. The number of benzene rings is 1. The van der Waals surface area contributed by atoms with E-state index in [9.17, 15) is 5.11 Å². The molecular formula is C15H21N3O. The lowest BCUT2D eigenvalue weighted by Gasteiger charge is -2.09. The minimum Gasteiger partial charge on any atom is -0.507 e. The first-order chi connectivity index (χ1) is 9.16. The molecule has 0 amide bonds. The first kappa shape index (κ1) is 13.6. The summed E-state index contributed by atoms with van der Waals surface area (Å²) in [6.45, 7) is 6.60. The Hall–Kier alpha value is -1.81. The maximum atomic E-state index is 9.72. The van der Waals surface area contributed by atoms with Crippen LogP contribution in [0.15, 0.2) is 30.6 Å². The largest absolute Gasteiger partial charge is 0.507 e. The summed E-state index contributed by atoms with van der Waals surface area (Å²) in [5.74, 6) is 0.405. The Kier molecular flexibility index (Phi) is 4.58. The van der Waals surface area contributed by atoms with Crippen molar-refractivity contribution in [3.8, 4) is 5.75 Å². The van der Waals surface area contributed by atoms with Crippen molar-refractivity contribution in [2.45, 2.75) is 33.4 Å². The van der Waals surface area contributed by atoms with Gasteiger partial charge in [-0.3, -0.25) is 4.68 Å². The number of hydrogen-bond acceptors (Lipinski definition) is 3. The molecule has 0 radical (unpaired) electrons. The molecule has 0 fully saturated rings. The smallest absolute Gasteiger partial charge is 0.121 e. The van der Waals surface area contributed by atoms with Crippen LogP contribution in [-0.2, 0) is 13.1 Å². The van der Waals surface area contributed by atoms with Crippen LogP contribution in [0.2, 0.25) is 0 Å². The molecule has 0 unspecified atom stereocenters. The van der Waals surface area contributed by atoms with Gasteiger partial charge in [-0.1, -0.05) is 12.1 Å². The molecule has 0 saturated heterocycles. The molecule has 2 aromatic rings. The van der Waals surface area contributed by atoms with Gasteiger partial charge in [-0.15, -0.1) is 0 Å². The van der Waals surface area contributed by atoms with E-state index in [1.807, 2.05) is 42.9 Å². The number of phenols is 1. The molecule has 0 saturated carbocycles. The fourth-order valence-electron chi connectivity index (χ4n) is 2.18. The van der Waals surface area contributed by atoms with E-state index in [2.05, 4.69) is 10.4 Å². The van der Waals surface area contributed by atoms with Gasteiger partial charge < -0.3 is 10.4 Å². The van der Waals surface area contributed by atoms with E-state index in [0.29, 0.717) is 5.75 Å². The molecule has 0 bridgehead atoms. The maximum Gasteiger partial charge on any atom is 0.121 e. The average Bonchev–Trinajstić information content (AvgIpc) is 2.88. The van der Waals surface area contributed by atoms with Crippen LogP contribution in [0, 0.1) is 13.8 Å². The van der Waals surface area contributed by atoms with Gasteiger partial charge in [0.1, 0.15) is 5.75 Å². The van der Waals surface area contributed by atoms with Gasteiger partial charge in [-0.05, 0) is 49.6 Å². The zero-order chi connectivity index (χ0) is 13.7. The average molecular weight is 259 g/mol. The molecule has 0 aliphatic heterocycles. The van der Waals surface area contributed by atoms with Crippen molar-refractivity contribution in [2.75, 3.05) is 6.54 Å². The number of aromatic hydroxyl groups is 1. The molecule has 0 spiro atoms. The Labute approximate surface area is 114 Å². The number of nitrogens with zero attached hydrogens (tertiary/aromatic N) is 2. The summed E-state index contributed by atoms with van der Waals surface area (Å²) < 4.78 is 1.94. The second-order valence-electron chi connectivity index (χ2n) is 4.88. The zero-order valence-electron chi connectivity index (χ0n) is 11.6. The van der Waals surface area contributed by atoms with Crippen molar-refractivity contribution in [1.29, 1.82) is 0 Å². The molecule has 1 aromatic heterocycles. The number of nitrogens with one attached hydrogen (secondary N) is 1. The molecule has 0 aliphatic carbocycles. The molecule has 4 nitrogen and oxygen atoms in total. The minimum absolute atomic E-state index is 0.405. The van der Waals surface area contributed by atoms with Crippen LogP contribution in [0.1, 0.15) is 23.1 Å². The lowest BCUT2D eigenvalue weighted by Crippen LogP contribution is -2.16. The maximum absolute atomic E-state index is 9.72. The molecule has 102 valence electrons. The number of aromatic nitrogens is 2. The highest BCUT2D eigenvalue weighted by atomic mass is 16.3. The van der Waals surface area contributed by atoms with Gasteiger partial charge in [0, 0.05) is 25.5 Å². The first-order valence-electron chi connectivity index (χ1n) is 6.64. The van der Waals surface area contributed by atoms with E-state index in [-0.39, 0.29) is 0 Å². The molecule has 1 heterocycles. The van der Waals surface area contributed by atoms with E-state index in [4.69, 9.17) is 0 Å². The van der Waals surface area contributed by atoms with Gasteiger partial charge in [0.2, 0.25) is 0 Å². The van der Waals surface area contributed by atoms with Crippen LogP contribution in [0.25, 0.3) is 0 Å². The summed E-state index contributed by atoms with van der Waals surface area (Å²) in [6.07, 6.45) is 4.83. The van der Waals surface area contributed by atoms with Gasteiger partial charge in [0.05, 0.1) is 0 Å². The SMILES string of the molecule is Cc1cc(CNCCCn2cccn2)cc(C)c1O. The summed E-state index contributed by atoms with van der Waals surface area (Å²) >= 11 is 0. The van der Waals surface area contributed by atoms with Crippen molar-refractivity contribution in [3.63, 3.8) is 0 Å². The molecule has 4 heteroatoms. The molecule has 1 aromatic carbocycles. The highest BCUT2D eigenvalue weighted by Crippen LogP contribution is 2.22. The predicted molar refractivity (Wildman–Crippen MR) is 76.1 cm³/mol. The minimum atomic E-state index is 0.405. The molecule has 2 rings (SSSR count). The lowest BCUT2D eigenvalue weighted by molar-refractivity contribution is 0.466. The third-order valence-electron chi connectivity index (χ3n) is 3.18. The summed E-state index contributed by atoms with van der Waals surface area (Å²) in [5, 5.41) is 17.3. The van der Waals surface area contributed by atoms with Crippen molar-refractivity contribution >= 4 is 0 Å². The predicted octanol–water partition coefficient (Wildman–Crippen LogP) is 2.39. The van der Waals surface area contributed by atoms with Gasteiger partial charge in [0.25, 0.3) is 0 Å². The topological polar surface area (TPSA) is 50.1 Å². The van der Waals surface area contributed by atoms with Crippen LogP contribution in [0.3, 0.4) is 0 Å². The van der Waals surface area contributed by atoms with E-state index in [1.165, 1.54) is 5.56 Å². The highest BCUT2D eigenvalue weighted by Gasteiger charge is 2.02. The standard InChI is InChI=1S/C15H21N3O/c1-12-9-14(10-13(2)15(12)19)11-16-5-3-7-18-8-4-6-17-18/h4,6,8-10,16,19H,3,5,7,11H2,1-2H3. The summed E-state index contributed by atoms with van der Waals surface area (Å²) in [4.78, 5) is 0. The Balaban J connectivity index is 1.74. The highest BCUT2D eigenvalue weighted by molar-refractivity contribution is 5.42. The Morgan fingerprint density at radius 3 is 2.63 bits per heavy atom. The van der Waals surface area contributed by atoms with Crippen LogP contribution >= 0.6 is 0 Å². The normalized spacial score (nSPS) is 10.8. The van der Waals surface area contributed by atoms with Crippen molar-refractivity contribution < 1.29 is 5.11 Å². The van der Waals surface area contributed by atoms with Crippen LogP contribution in [0.4, 0.5) is 0 Å². The monoisotopic (exact) mass is 259 g/mol. The van der Waals surface area contributed by atoms with E-state index >= 15 is 0 Å². The fraction of sp³-hybridized carbons (Fsp3) is 0.400.